The zero-order valence-electron chi connectivity index (χ0n) is 24.8. The van der Waals surface area contributed by atoms with Crippen molar-refractivity contribution in [3.8, 4) is 22.3 Å². The molecule has 43 heavy (non-hydrogen) atoms. The van der Waals surface area contributed by atoms with Crippen LogP contribution in [0.15, 0.2) is 82.6 Å². The maximum atomic E-state index is 12.7. The van der Waals surface area contributed by atoms with Gasteiger partial charge in [-0.3, -0.25) is 14.6 Å². The van der Waals surface area contributed by atoms with Gasteiger partial charge in [-0.15, -0.1) is 0 Å². The summed E-state index contributed by atoms with van der Waals surface area (Å²) in [6.45, 7) is 5.99. The van der Waals surface area contributed by atoms with Crippen LogP contribution in [-0.2, 0) is 20.5 Å². The highest BCUT2D eigenvalue weighted by Crippen LogP contribution is 2.27. The first-order chi connectivity index (χ1) is 20.5. The number of benzene rings is 2. The third kappa shape index (κ3) is 5.74. The second-order valence-corrected chi connectivity index (χ2v) is 11.0. The van der Waals surface area contributed by atoms with E-state index in [1.165, 1.54) is 0 Å². The van der Waals surface area contributed by atoms with E-state index >= 15 is 0 Å². The molecule has 0 saturated heterocycles. The Hall–Kier alpha value is -4.95. The minimum absolute atomic E-state index is 0.0190. The van der Waals surface area contributed by atoms with Gasteiger partial charge in [0.15, 0.2) is 0 Å². The Labute approximate surface area is 254 Å². The molecule has 0 amide bonds. The molecule has 0 unspecified atom stereocenters. The lowest BCUT2D eigenvalue weighted by Crippen LogP contribution is -2.19. The van der Waals surface area contributed by atoms with Gasteiger partial charge < -0.3 is 20.6 Å². The van der Waals surface area contributed by atoms with Crippen molar-refractivity contribution in [2.24, 2.45) is 14.1 Å². The standard InChI is InChI=1S/C18H19N3O.C16H14ClN3O/c1-4-14-9-17-12(10-20-14)7-16(18(22)21(17)3)15-8-13(19)6-5-11(15)2;1-9-3-4-11(18)6-12(9)13-5-10-8-19-15(17)7-14(10)20(2)16(13)21/h5-10H,4,19H2,1-3H3;3-8H,18H2,1-2H3. The number of fused-ring (bicyclic) bond motifs is 2. The molecular weight excluding hydrogens is 560 g/mol. The van der Waals surface area contributed by atoms with Gasteiger partial charge in [-0.25, -0.2) is 4.98 Å². The highest BCUT2D eigenvalue weighted by atomic mass is 35.5. The van der Waals surface area contributed by atoms with Crippen LogP contribution in [0, 0.1) is 13.8 Å². The van der Waals surface area contributed by atoms with Crippen LogP contribution in [0.25, 0.3) is 44.1 Å². The zero-order chi connectivity index (χ0) is 31.0. The summed E-state index contributed by atoms with van der Waals surface area (Å²) in [5.74, 6) is 0. The third-order valence-electron chi connectivity index (χ3n) is 7.71. The van der Waals surface area contributed by atoms with Gasteiger partial charge in [0.2, 0.25) is 0 Å². The minimum atomic E-state index is -0.0848. The van der Waals surface area contributed by atoms with Crippen molar-refractivity contribution < 1.29 is 0 Å². The summed E-state index contributed by atoms with van der Waals surface area (Å²) in [6, 6.07) is 18.6. The van der Waals surface area contributed by atoms with Crippen LogP contribution in [0.2, 0.25) is 5.15 Å². The van der Waals surface area contributed by atoms with E-state index in [9.17, 15) is 9.59 Å². The first-order valence-electron chi connectivity index (χ1n) is 13.9. The Morgan fingerprint density at radius 2 is 1.14 bits per heavy atom. The fraction of sp³-hybridized carbons (Fsp3) is 0.176. The fourth-order valence-corrected chi connectivity index (χ4v) is 5.34. The number of aromatic nitrogens is 4. The molecule has 4 N–H and O–H groups in total. The average molecular weight is 593 g/mol. The molecule has 9 heteroatoms. The topological polar surface area (TPSA) is 122 Å². The number of halogens is 1. The number of nitrogen functional groups attached to an aromatic ring is 2. The normalized spacial score (nSPS) is 11.0. The van der Waals surface area contributed by atoms with E-state index in [1.54, 1.807) is 35.5 Å². The van der Waals surface area contributed by atoms with Crippen LogP contribution in [0.3, 0.4) is 0 Å². The molecule has 0 saturated carbocycles. The van der Waals surface area contributed by atoms with Crippen molar-refractivity contribution in [3.63, 3.8) is 0 Å². The summed E-state index contributed by atoms with van der Waals surface area (Å²) < 4.78 is 3.27. The summed E-state index contributed by atoms with van der Waals surface area (Å²) in [4.78, 5) is 33.9. The van der Waals surface area contributed by atoms with Gasteiger partial charge >= 0.3 is 0 Å². The summed E-state index contributed by atoms with van der Waals surface area (Å²) in [5, 5.41) is 2.18. The molecule has 6 rings (SSSR count). The molecule has 4 heterocycles. The van der Waals surface area contributed by atoms with E-state index < -0.39 is 0 Å². The maximum Gasteiger partial charge on any atom is 0.258 e. The first-order valence-corrected chi connectivity index (χ1v) is 14.2. The number of hydrogen-bond acceptors (Lipinski definition) is 6. The Bertz CT molecular complexity index is 2150. The Balaban J connectivity index is 0.000000171. The number of nitrogens with zero attached hydrogens (tertiary/aromatic N) is 4. The monoisotopic (exact) mass is 592 g/mol. The Kier molecular flexibility index (Phi) is 8.06. The molecule has 0 aliphatic heterocycles. The van der Waals surface area contributed by atoms with Crippen molar-refractivity contribution >= 4 is 44.8 Å². The van der Waals surface area contributed by atoms with E-state index in [2.05, 4.69) is 16.9 Å². The molecule has 0 aliphatic rings. The number of rotatable bonds is 3. The summed E-state index contributed by atoms with van der Waals surface area (Å²) in [7, 11) is 3.53. The molecule has 0 atom stereocenters. The van der Waals surface area contributed by atoms with Crippen LogP contribution in [0.5, 0.6) is 0 Å². The van der Waals surface area contributed by atoms with Crippen molar-refractivity contribution in [2.75, 3.05) is 11.5 Å². The van der Waals surface area contributed by atoms with E-state index in [0.717, 1.165) is 56.2 Å². The van der Waals surface area contributed by atoms with Gasteiger partial charge in [-0.1, -0.05) is 30.7 Å². The van der Waals surface area contributed by atoms with Gasteiger partial charge in [-0.2, -0.15) is 0 Å². The molecule has 2 aromatic carbocycles. The number of nitrogens with two attached hydrogens (primary N) is 2. The van der Waals surface area contributed by atoms with E-state index in [4.69, 9.17) is 23.1 Å². The van der Waals surface area contributed by atoms with Crippen LogP contribution >= 0.6 is 11.6 Å². The molecule has 0 fully saturated rings. The van der Waals surface area contributed by atoms with Crippen molar-refractivity contribution in [1.82, 2.24) is 19.1 Å². The van der Waals surface area contributed by atoms with E-state index in [-0.39, 0.29) is 11.1 Å². The second-order valence-electron chi connectivity index (χ2n) is 10.6. The Morgan fingerprint density at radius 3 is 1.63 bits per heavy atom. The lowest BCUT2D eigenvalue weighted by atomic mass is 9.99. The van der Waals surface area contributed by atoms with Gasteiger partial charge in [0.05, 0.1) is 11.0 Å². The highest BCUT2D eigenvalue weighted by Gasteiger charge is 2.13. The molecule has 218 valence electrons. The van der Waals surface area contributed by atoms with Crippen molar-refractivity contribution in [3.05, 3.63) is 116 Å². The number of aryl methyl sites for hydroxylation is 5. The summed E-state index contributed by atoms with van der Waals surface area (Å²) in [5.41, 5.74) is 20.6. The Morgan fingerprint density at radius 1 is 0.674 bits per heavy atom. The molecule has 0 aliphatic carbocycles. The summed E-state index contributed by atoms with van der Waals surface area (Å²) >= 11 is 5.90. The number of pyridine rings is 4. The van der Waals surface area contributed by atoms with E-state index in [1.807, 2.05) is 74.6 Å². The summed E-state index contributed by atoms with van der Waals surface area (Å²) in [6.07, 6.45) is 4.35. The van der Waals surface area contributed by atoms with Crippen LogP contribution < -0.4 is 22.6 Å². The predicted molar refractivity (Wildman–Crippen MR) is 178 cm³/mol. The molecule has 6 aromatic rings. The average Bonchev–Trinajstić information content (AvgIpc) is 3.00. The molecular formula is C34H33ClN6O2. The number of anilines is 2. The minimum Gasteiger partial charge on any atom is -0.399 e. The molecule has 0 spiro atoms. The molecule has 0 radical (unpaired) electrons. The fourth-order valence-electron chi connectivity index (χ4n) is 5.18. The van der Waals surface area contributed by atoms with Gasteiger partial charge in [0, 0.05) is 65.5 Å². The van der Waals surface area contributed by atoms with Crippen LogP contribution in [-0.4, -0.2) is 19.1 Å². The lowest BCUT2D eigenvalue weighted by molar-refractivity contribution is 0.902. The molecule has 4 aromatic heterocycles. The second kappa shape index (κ2) is 11.7. The first kappa shape index (κ1) is 29.5. The number of hydrogen-bond donors (Lipinski definition) is 2. The smallest absolute Gasteiger partial charge is 0.258 e. The van der Waals surface area contributed by atoms with Crippen LogP contribution in [0.1, 0.15) is 23.7 Å². The molecule has 0 bridgehead atoms. The maximum absolute atomic E-state index is 12.7. The van der Waals surface area contributed by atoms with E-state index in [0.29, 0.717) is 27.7 Å². The van der Waals surface area contributed by atoms with Crippen LogP contribution in [0.4, 0.5) is 11.4 Å². The van der Waals surface area contributed by atoms with Gasteiger partial charge in [0.25, 0.3) is 11.1 Å². The largest absolute Gasteiger partial charge is 0.399 e. The lowest BCUT2D eigenvalue weighted by Gasteiger charge is -2.12. The predicted octanol–water partition coefficient (Wildman–Crippen LogP) is 6.20. The zero-order valence-corrected chi connectivity index (χ0v) is 25.5. The quantitative estimate of drug-likeness (QED) is 0.186. The molecule has 8 nitrogen and oxygen atoms in total. The van der Waals surface area contributed by atoms with Crippen molar-refractivity contribution in [1.29, 1.82) is 0 Å². The van der Waals surface area contributed by atoms with Gasteiger partial charge in [0.1, 0.15) is 5.15 Å². The van der Waals surface area contributed by atoms with Gasteiger partial charge in [-0.05, 0) is 91.1 Å². The highest BCUT2D eigenvalue weighted by molar-refractivity contribution is 6.30. The SMILES string of the molecule is CCc1cc2c(cn1)cc(-c1cc(N)ccc1C)c(=O)n2C.Cc1ccc(N)cc1-c1cc2cnc(Cl)cc2n(C)c1=O. The van der Waals surface area contributed by atoms with Crippen molar-refractivity contribution in [2.45, 2.75) is 27.2 Å². The third-order valence-corrected chi connectivity index (χ3v) is 7.91.